The molecule has 0 amide bonds. The van der Waals surface area contributed by atoms with Crippen LogP contribution in [0.15, 0.2) is 53.2 Å². The van der Waals surface area contributed by atoms with Gasteiger partial charge in [0.15, 0.2) is 11.6 Å². The number of nitrogens with two attached hydrogens (primary N) is 1. The Kier molecular flexibility index (Phi) is 6.26. The standard InChI is InChI=1S/C18H17ClFN5O3S/c1-28-16-6-5-13(8-14(16)19)23-17-15(20)9-22-18(25-17)24-12-4-2-3-11(7-12)10-29(21,26)27/h2,4-9H,3,10H2,1H3,(H2,21,26,27)(H,22,23,25). The van der Waals surface area contributed by atoms with E-state index in [2.05, 4.69) is 20.3 Å². The monoisotopic (exact) mass is 437 g/mol. The summed E-state index contributed by atoms with van der Waals surface area (Å²) in [5.41, 5.74) is 1.52. The number of ether oxygens (including phenoxy) is 1. The molecule has 0 bridgehead atoms. The summed E-state index contributed by atoms with van der Waals surface area (Å²) >= 11 is 6.08. The Bertz CT molecular complexity index is 1130. The fourth-order valence-electron chi connectivity index (χ4n) is 2.57. The molecule has 0 aliphatic heterocycles. The molecule has 152 valence electrons. The number of halogens is 2. The maximum atomic E-state index is 14.1. The third-order valence-corrected chi connectivity index (χ3v) is 4.85. The molecule has 1 aromatic heterocycles. The molecule has 1 aliphatic carbocycles. The summed E-state index contributed by atoms with van der Waals surface area (Å²) in [6, 6.07) is 4.86. The van der Waals surface area contributed by atoms with E-state index in [1.807, 2.05) is 0 Å². The smallest absolute Gasteiger partial charge is 0.252 e. The van der Waals surface area contributed by atoms with Gasteiger partial charge in [-0.05, 0) is 42.3 Å². The highest BCUT2D eigenvalue weighted by Gasteiger charge is 2.12. The predicted molar refractivity (Wildman–Crippen MR) is 110 cm³/mol. The molecule has 0 atom stereocenters. The van der Waals surface area contributed by atoms with E-state index in [1.54, 1.807) is 36.4 Å². The van der Waals surface area contributed by atoms with E-state index in [0.29, 0.717) is 34.2 Å². The van der Waals surface area contributed by atoms with E-state index < -0.39 is 15.8 Å². The summed E-state index contributed by atoms with van der Waals surface area (Å²) in [4.78, 5) is 12.2. The number of allylic oxidation sites excluding steroid dienone is 3. The first kappa shape index (κ1) is 20.9. The maximum Gasteiger partial charge on any atom is 0.252 e. The normalized spacial score (nSPS) is 15.3. The van der Waals surface area contributed by atoms with Gasteiger partial charge < -0.3 is 10.1 Å². The molecular formula is C18H17ClFN5O3S. The molecule has 11 heteroatoms. The molecule has 0 fully saturated rings. The number of aromatic nitrogens is 2. The predicted octanol–water partition coefficient (Wildman–Crippen LogP) is 3.27. The van der Waals surface area contributed by atoms with Gasteiger partial charge in [0.05, 0.1) is 29.8 Å². The first-order chi connectivity index (χ1) is 13.7. The van der Waals surface area contributed by atoms with E-state index in [0.717, 1.165) is 6.20 Å². The Hall–Kier alpha value is -2.82. The Labute approximate surface area is 172 Å². The molecule has 0 radical (unpaired) electrons. The number of nitrogens with one attached hydrogen (secondary N) is 1. The third kappa shape index (κ3) is 5.83. The van der Waals surface area contributed by atoms with Crippen LogP contribution in [-0.4, -0.2) is 37.0 Å². The first-order valence-electron chi connectivity index (χ1n) is 8.32. The van der Waals surface area contributed by atoms with Gasteiger partial charge in [0.1, 0.15) is 5.75 Å². The van der Waals surface area contributed by atoms with Gasteiger partial charge in [-0.1, -0.05) is 17.7 Å². The van der Waals surface area contributed by atoms with Crippen LogP contribution in [0.5, 0.6) is 5.75 Å². The molecule has 0 saturated carbocycles. The lowest BCUT2D eigenvalue weighted by Gasteiger charge is -2.10. The zero-order valence-corrected chi connectivity index (χ0v) is 16.8. The summed E-state index contributed by atoms with van der Waals surface area (Å²) in [5.74, 6) is -0.550. The van der Waals surface area contributed by atoms with Crippen LogP contribution in [0.4, 0.5) is 21.8 Å². The van der Waals surface area contributed by atoms with Gasteiger partial charge >= 0.3 is 0 Å². The average molecular weight is 438 g/mol. The summed E-state index contributed by atoms with van der Waals surface area (Å²) in [6.07, 6.45) is 6.47. The molecule has 1 heterocycles. The number of aliphatic imine (C=N–C) groups is 1. The van der Waals surface area contributed by atoms with Crippen LogP contribution in [-0.2, 0) is 10.0 Å². The summed E-state index contributed by atoms with van der Waals surface area (Å²) in [6.45, 7) is 0. The number of hydrogen-bond acceptors (Lipinski definition) is 7. The molecule has 2 aromatic rings. The highest BCUT2D eigenvalue weighted by Crippen LogP contribution is 2.29. The Morgan fingerprint density at radius 1 is 1.41 bits per heavy atom. The van der Waals surface area contributed by atoms with Crippen LogP contribution in [0.2, 0.25) is 5.02 Å². The van der Waals surface area contributed by atoms with Gasteiger partial charge in [-0.3, -0.25) is 0 Å². The number of sulfonamides is 1. The third-order valence-electron chi connectivity index (χ3n) is 3.78. The molecule has 3 N–H and O–H groups in total. The Morgan fingerprint density at radius 2 is 2.21 bits per heavy atom. The number of hydrogen-bond donors (Lipinski definition) is 2. The maximum absolute atomic E-state index is 14.1. The van der Waals surface area contributed by atoms with Crippen LogP contribution in [0.1, 0.15) is 6.42 Å². The van der Waals surface area contributed by atoms with Gasteiger partial charge in [0.25, 0.3) is 5.95 Å². The number of rotatable bonds is 6. The second-order valence-electron chi connectivity index (χ2n) is 6.09. The van der Waals surface area contributed by atoms with E-state index >= 15 is 0 Å². The fraction of sp³-hybridized carbons (Fsp3) is 0.167. The largest absolute Gasteiger partial charge is 0.495 e. The molecule has 0 spiro atoms. The van der Waals surface area contributed by atoms with Crippen LogP contribution in [0, 0.1) is 5.82 Å². The minimum atomic E-state index is -3.64. The summed E-state index contributed by atoms with van der Waals surface area (Å²) in [5, 5.41) is 8.25. The fourth-order valence-corrected chi connectivity index (χ4v) is 3.55. The summed E-state index contributed by atoms with van der Waals surface area (Å²) < 4.78 is 41.7. The number of benzene rings is 1. The van der Waals surface area contributed by atoms with Gasteiger partial charge in [-0.25, -0.2) is 27.9 Å². The van der Waals surface area contributed by atoms with Crippen molar-refractivity contribution in [3.8, 4) is 5.75 Å². The van der Waals surface area contributed by atoms with Crippen molar-refractivity contribution in [1.29, 1.82) is 0 Å². The lowest BCUT2D eigenvalue weighted by atomic mass is 10.1. The van der Waals surface area contributed by atoms with Crippen molar-refractivity contribution in [1.82, 2.24) is 9.97 Å². The van der Waals surface area contributed by atoms with Gasteiger partial charge in [0.2, 0.25) is 10.0 Å². The molecule has 1 aliphatic rings. The van der Waals surface area contributed by atoms with Gasteiger partial charge in [-0.2, -0.15) is 4.98 Å². The minimum absolute atomic E-state index is 0.00117. The molecule has 0 unspecified atom stereocenters. The number of anilines is 2. The topological polar surface area (TPSA) is 120 Å². The van der Waals surface area contributed by atoms with Crippen molar-refractivity contribution in [3.63, 3.8) is 0 Å². The number of methoxy groups -OCH3 is 1. The second kappa shape index (κ2) is 8.68. The zero-order valence-electron chi connectivity index (χ0n) is 15.3. The van der Waals surface area contributed by atoms with Crippen molar-refractivity contribution in [2.45, 2.75) is 6.42 Å². The number of primary sulfonamides is 1. The number of nitrogens with zero attached hydrogens (tertiary/aromatic N) is 3. The molecule has 8 nitrogen and oxygen atoms in total. The lowest BCUT2D eigenvalue weighted by molar-refractivity contribution is 0.415. The highest BCUT2D eigenvalue weighted by atomic mass is 35.5. The molecular weight excluding hydrogens is 421 g/mol. The van der Waals surface area contributed by atoms with Gasteiger partial charge in [-0.15, -0.1) is 0 Å². The SMILES string of the molecule is COc1ccc(Nc2nc(N=C3C=CCC(CS(N)(=O)=O)=C3)ncc2F)cc1Cl. The lowest BCUT2D eigenvalue weighted by Crippen LogP contribution is -2.19. The van der Waals surface area contributed by atoms with Crippen molar-refractivity contribution < 1.29 is 17.5 Å². The zero-order chi connectivity index (χ0) is 21.0. The van der Waals surface area contributed by atoms with E-state index in [-0.39, 0.29) is 17.5 Å². The quantitative estimate of drug-likeness (QED) is 0.715. The average Bonchev–Trinajstić information content (AvgIpc) is 2.63. The molecule has 1 aromatic carbocycles. The van der Waals surface area contributed by atoms with E-state index in [4.69, 9.17) is 21.5 Å². The van der Waals surface area contributed by atoms with Crippen molar-refractivity contribution in [3.05, 3.63) is 59.0 Å². The molecule has 29 heavy (non-hydrogen) atoms. The minimum Gasteiger partial charge on any atom is -0.495 e. The van der Waals surface area contributed by atoms with Crippen molar-refractivity contribution >= 4 is 44.8 Å². The van der Waals surface area contributed by atoms with E-state index in [1.165, 1.54) is 7.11 Å². The second-order valence-corrected chi connectivity index (χ2v) is 8.12. The van der Waals surface area contributed by atoms with Crippen molar-refractivity contribution in [2.24, 2.45) is 10.1 Å². The summed E-state index contributed by atoms with van der Waals surface area (Å²) in [7, 11) is -2.15. The Balaban J connectivity index is 1.85. The van der Waals surface area contributed by atoms with Crippen LogP contribution in [0.25, 0.3) is 0 Å². The molecule has 0 saturated heterocycles. The van der Waals surface area contributed by atoms with Gasteiger partial charge in [0, 0.05) is 5.69 Å². The highest BCUT2D eigenvalue weighted by molar-refractivity contribution is 7.89. The van der Waals surface area contributed by atoms with Crippen LogP contribution >= 0.6 is 11.6 Å². The van der Waals surface area contributed by atoms with Crippen LogP contribution in [0.3, 0.4) is 0 Å². The Morgan fingerprint density at radius 3 is 2.90 bits per heavy atom. The van der Waals surface area contributed by atoms with Crippen LogP contribution < -0.4 is 15.2 Å². The first-order valence-corrected chi connectivity index (χ1v) is 10.4. The molecule has 3 rings (SSSR count). The van der Waals surface area contributed by atoms with E-state index in [9.17, 15) is 12.8 Å². The van der Waals surface area contributed by atoms with Crippen molar-refractivity contribution in [2.75, 3.05) is 18.2 Å².